The van der Waals surface area contributed by atoms with Crippen molar-refractivity contribution in [2.75, 3.05) is 45.8 Å². The zero-order chi connectivity index (χ0) is 31.5. The topological polar surface area (TPSA) is 135 Å². The summed E-state index contributed by atoms with van der Waals surface area (Å²) in [6, 6.07) is 6.68. The SMILES string of the molecule is O=C(NC[C@H](O)CN1CCc2cc(OCc3cnco3)ccc2C1)C1CC(NC2CCC2)NC(N2CCN(C(=O)C3CC3)CC2)C1. The van der Waals surface area contributed by atoms with Crippen LogP contribution in [0.1, 0.15) is 61.8 Å². The van der Waals surface area contributed by atoms with Gasteiger partial charge in [-0.2, -0.15) is 0 Å². The highest BCUT2D eigenvalue weighted by atomic mass is 16.5. The molecule has 2 aliphatic carbocycles. The van der Waals surface area contributed by atoms with Crippen LogP contribution in [0, 0.1) is 11.8 Å². The maximum Gasteiger partial charge on any atom is 0.225 e. The fourth-order valence-corrected chi connectivity index (χ4v) is 7.33. The molecular weight excluding hydrogens is 586 g/mol. The molecule has 3 unspecified atom stereocenters. The molecule has 2 aromatic rings. The number of piperidine rings is 1. The second-order valence-corrected chi connectivity index (χ2v) is 13.9. The molecule has 46 heavy (non-hydrogen) atoms. The molecule has 0 spiro atoms. The van der Waals surface area contributed by atoms with E-state index in [-0.39, 0.29) is 36.6 Å². The largest absolute Gasteiger partial charge is 0.486 e. The fraction of sp³-hybridized carbons (Fsp3) is 0.676. The minimum Gasteiger partial charge on any atom is -0.486 e. The Morgan fingerprint density at radius 2 is 1.91 bits per heavy atom. The first kappa shape index (κ1) is 31.6. The van der Waals surface area contributed by atoms with Crippen molar-refractivity contribution in [3.63, 3.8) is 0 Å². The van der Waals surface area contributed by atoms with Crippen molar-refractivity contribution < 1.29 is 23.8 Å². The molecule has 4 N–H and O–H groups in total. The van der Waals surface area contributed by atoms with Crippen molar-refractivity contribution in [1.29, 1.82) is 0 Å². The number of carbonyl (C=O) groups excluding carboxylic acids is 2. The number of β-amino-alcohol motifs (C(OH)–C–C–N with tert-alkyl or cyclic N) is 1. The van der Waals surface area contributed by atoms with Gasteiger partial charge in [-0.15, -0.1) is 0 Å². The number of nitrogens with zero attached hydrogens (tertiary/aromatic N) is 4. The van der Waals surface area contributed by atoms with Gasteiger partial charge in [-0.3, -0.25) is 30.0 Å². The number of benzene rings is 1. The van der Waals surface area contributed by atoms with Gasteiger partial charge in [-0.1, -0.05) is 12.5 Å². The molecule has 4 fully saturated rings. The first-order chi connectivity index (χ1) is 22.5. The molecule has 12 nitrogen and oxygen atoms in total. The first-order valence-corrected chi connectivity index (χ1v) is 17.3. The molecule has 250 valence electrons. The smallest absolute Gasteiger partial charge is 0.225 e. The Morgan fingerprint density at radius 3 is 2.65 bits per heavy atom. The van der Waals surface area contributed by atoms with E-state index in [0.717, 1.165) is 77.1 Å². The van der Waals surface area contributed by atoms with Gasteiger partial charge in [0.1, 0.15) is 12.4 Å². The number of rotatable bonds is 12. The maximum atomic E-state index is 13.5. The van der Waals surface area contributed by atoms with Crippen LogP contribution in [0.15, 0.2) is 35.2 Å². The van der Waals surface area contributed by atoms with Gasteiger partial charge in [-0.05, 0) is 68.2 Å². The second kappa shape index (κ2) is 14.4. The third kappa shape index (κ3) is 7.91. The highest BCUT2D eigenvalue weighted by Gasteiger charge is 2.39. The summed E-state index contributed by atoms with van der Waals surface area (Å²) in [7, 11) is 0. The Hall–Kier alpha value is -3.03. The van der Waals surface area contributed by atoms with E-state index in [1.165, 1.54) is 36.8 Å². The molecule has 4 atom stereocenters. The van der Waals surface area contributed by atoms with E-state index >= 15 is 0 Å². The number of hydrogen-bond acceptors (Lipinski definition) is 10. The van der Waals surface area contributed by atoms with Crippen LogP contribution in [0.5, 0.6) is 5.75 Å². The molecule has 1 aromatic heterocycles. The van der Waals surface area contributed by atoms with Crippen molar-refractivity contribution in [2.24, 2.45) is 11.8 Å². The number of hydrogen-bond donors (Lipinski definition) is 4. The number of carbonyl (C=O) groups is 2. The number of piperazine rings is 1. The maximum absolute atomic E-state index is 13.5. The van der Waals surface area contributed by atoms with E-state index in [1.807, 2.05) is 11.0 Å². The van der Waals surface area contributed by atoms with Crippen LogP contribution in [-0.2, 0) is 29.2 Å². The van der Waals surface area contributed by atoms with E-state index in [4.69, 9.17) is 9.15 Å². The van der Waals surface area contributed by atoms with Crippen molar-refractivity contribution >= 4 is 11.8 Å². The Balaban J connectivity index is 0.877. The average molecular weight is 636 g/mol. The molecule has 2 saturated carbocycles. The van der Waals surface area contributed by atoms with Gasteiger partial charge in [0.25, 0.3) is 0 Å². The minimum absolute atomic E-state index is 0.0235. The van der Waals surface area contributed by atoms with Gasteiger partial charge in [0.15, 0.2) is 12.2 Å². The van der Waals surface area contributed by atoms with Gasteiger partial charge in [0.2, 0.25) is 11.8 Å². The van der Waals surface area contributed by atoms with Crippen LogP contribution < -0.4 is 20.7 Å². The van der Waals surface area contributed by atoms with E-state index in [2.05, 4.69) is 42.9 Å². The van der Waals surface area contributed by atoms with Gasteiger partial charge >= 0.3 is 0 Å². The molecule has 2 saturated heterocycles. The summed E-state index contributed by atoms with van der Waals surface area (Å²) in [5, 5.41) is 21.6. The molecule has 5 aliphatic rings. The molecule has 3 aliphatic heterocycles. The summed E-state index contributed by atoms with van der Waals surface area (Å²) >= 11 is 0. The summed E-state index contributed by atoms with van der Waals surface area (Å²) in [5.41, 5.74) is 2.49. The lowest BCUT2D eigenvalue weighted by atomic mass is 9.88. The third-order valence-corrected chi connectivity index (χ3v) is 10.4. The Kier molecular flexibility index (Phi) is 9.87. The third-order valence-electron chi connectivity index (χ3n) is 10.4. The average Bonchev–Trinajstić information content (AvgIpc) is 3.78. The van der Waals surface area contributed by atoms with Crippen LogP contribution in [-0.4, -0.2) is 107 Å². The molecule has 1 aromatic carbocycles. The second-order valence-electron chi connectivity index (χ2n) is 13.9. The Morgan fingerprint density at radius 1 is 1.07 bits per heavy atom. The van der Waals surface area contributed by atoms with Crippen LogP contribution in [0.4, 0.5) is 0 Å². The lowest BCUT2D eigenvalue weighted by Crippen LogP contribution is -2.64. The first-order valence-electron chi connectivity index (χ1n) is 17.3. The van der Waals surface area contributed by atoms with E-state index in [0.29, 0.717) is 30.9 Å². The number of oxazole rings is 1. The van der Waals surface area contributed by atoms with Crippen LogP contribution in [0.2, 0.25) is 0 Å². The number of aliphatic hydroxyl groups excluding tert-OH is 1. The number of aliphatic hydroxyl groups is 1. The van der Waals surface area contributed by atoms with Crippen molar-refractivity contribution in [2.45, 2.75) is 89.0 Å². The zero-order valence-electron chi connectivity index (χ0n) is 26.7. The molecule has 7 rings (SSSR count). The van der Waals surface area contributed by atoms with Crippen LogP contribution in [0.3, 0.4) is 0 Å². The standard InChI is InChI=1S/C34H49N7O5/c42-28(20-39-9-8-24-14-29(7-6-25(24)19-39)45-21-30-18-35-22-46-30)17-36-33(43)26-15-31(37-27-2-1-3-27)38-32(16-26)40-10-12-41(13-11-40)34(44)23-4-5-23/h6-7,14,18,22-23,26-28,31-32,37-38,42H,1-5,8-13,15-17,19-21H2,(H,36,43)/t26?,28-,31?,32?/m0/s1. The van der Waals surface area contributed by atoms with Gasteiger partial charge in [0, 0.05) is 70.2 Å². The predicted molar refractivity (Wildman–Crippen MR) is 170 cm³/mol. The molecule has 0 bridgehead atoms. The molecule has 12 heteroatoms. The lowest BCUT2D eigenvalue weighted by molar-refractivity contribution is -0.135. The van der Waals surface area contributed by atoms with Crippen molar-refractivity contribution in [1.82, 2.24) is 35.6 Å². The Labute approximate surface area is 271 Å². The predicted octanol–water partition coefficient (Wildman–Crippen LogP) is 1.44. The summed E-state index contributed by atoms with van der Waals surface area (Å²) in [6.07, 6.45) is 10.6. The van der Waals surface area contributed by atoms with Gasteiger partial charge in [0.05, 0.1) is 24.6 Å². The number of nitrogens with one attached hydrogen (secondary N) is 3. The molecule has 4 heterocycles. The number of fused-ring (bicyclic) bond motifs is 1. The zero-order valence-corrected chi connectivity index (χ0v) is 26.7. The summed E-state index contributed by atoms with van der Waals surface area (Å²) in [5.74, 6) is 1.97. The quantitative estimate of drug-likeness (QED) is 0.271. The van der Waals surface area contributed by atoms with Gasteiger partial charge < -0.3 is 24.5 Å². The fourth-order valence-electron chi connectivity index (χ4n) is 7.33. The number of amides is 2. The van der Waals surface area contributed by atoms with Gasteiger partial charge in [-0.25, -0.2) is 4.98 Å². The number of aromatic nitrogens is 1. The van der Waals surface area contributed by atoms with Crippen molar-refractivity contribution in [3.05, 3.63) is 47.7 Å². The summed E-state index contributed by atoms with van der Waals surface area (Å²) in [4.78, 5) is 36.7. The molecule has 2 amide bonds. The Bertz CT molecular complexity index is 1330. The van der Waals surface area contributed by atoms with E-state index in [9.17, 15) is 14.7 Å². The summed E-state index contributed by atoms with van der Waals surface area (Å²) in [6.45, 7) is 5.87. The summed E-state index contributed by atoms with van der Waals surface area (Å²) < 4.78 is 11.1. The van der Waals surface area contributed by atoms with Crippen LogP contribution in [0.25, 0.3) is 0 Å². The molecular formula is C34H49N7O5. The number of ether oxygens (including phenoxy) is 1. The monoisotopic (exact) mass is 635 g/mol. The molecule has 0 radical (unpaired) electrons. The van der Waals surface area contributed by atoms with E-state index < -0.39 is 6.10 Å². The van der Waals surface area contributed by atoms with E-state index in [1.54, 1.807) is 6.20 Å². The lowest BCUT2D eigenvalue weighted by Gasteiger charge is -2.46. The normalized spacial score (nSPS) is 26.6. The van der Waals surface area contributed by atoms with Crippen molar-refractivity contribution in [3.8, 4) is 5.75 Å². The van der Waals surface area contributed by atoms with Crippen LogP contribution >= 0.6 is 0 Å². The highest BCUT2D eigenvalue weighted by molar-refractivity contribution is 5.81. The minimum atomic E-state index is -0.645. The highest BCUT2D eigenvalue weighted by Crippen LogP contribution is 2.32.